The maximum absolute atomic E-state index is 11.0. The van der Waals surface area contributed by atoms with Crippen molar-refractivity contribution in [3.8, 4) is 0 Å². The van der Waals surface area contributed by atoms with E-state index in [0.717, 1.165) is 18.7 Å². The molecule has 0 heterocycles. The Bertz CT molecular complexity index is 263. The van der Waals surface area contributed by atoms with Gasteiger partial charge in [-0.1, -0.05) is 13.3 Å². The summed E-state index contributed by atoms with van der Waals surface area (Å²) in [5.74, 6) is 0.285. The Labute approximate surface area is 85.8 Å². The fourth-order valence-electron chi connectivity index (χ4n) is 2.26. The highest BCUT2D eigenvalue weighted by Crippen LogP contribution is 2.49. The first-order chi connectivity index (χ1) is 6.74. The lowest BCUT2D eigenvalue weighted by molar-refractivity contribution is -0.114. The molecule has 0 amide bonds. The Kier molecular flexibility index (Phi) is 2.62. The lowest BCUT2D eigenvalue weighted by Crippen LogP contribution is -2.22. The molecule has 0 bridgehead atoms. The van der Waals surface area contributed by atoms with Gasteiger partial charge in [-0.15, -0.1) is 0 Å². The molecule has 0 atom stereocenters. The van der Waals surface area contributed by atoms with Crippen molar-refractivity contribution < 1.29 is 4.79 Å². The Hall–Kier alpha value is -0.790. The van der Waals surface area contributed by atoms with Gasteiger partial charge in [0.1, 0.15) is 0 Å². The number of rotatable bonds is 5. The van der Waals surface area contributed by atoms with Gasteiger partial charge in [-0.3, -0.25) is 4.79 Å². The lowest BCUT2D eigenvalue weighted by Gasteiger charge is -2.16. The molecule has 14 heavy (non-hydrogen) atoms. The number of carbonyl (C=O) groups is 1. The third-order valence-electron chi connectivity index (χ3n) is 3.40. The summed E-state index contributed by atoms with van der Waals surface area (Å²) in [5.41, 5.74) is 1.75. The molecule has 2 aliphatic rings. The minimum atomic E-state index is 0.285. The van der Waals surface area contributed by atoms with Crippen LogP contribution in [0.3, 0.4) is 0 Å². The van der Waals surface area contributed by atoms with Gasteiger partial charge in [0.05, 0.1) is 0 Å². The van der Waals surface area contributed by atoms with E-state index in [9.17, 15) is 4.79 Å². The maximum atomic E-state index is 11.0. The van der Waals surface area contributed by atoms with Crippen molar-refractivity contribution >= 4 is 5.78 Å². The highest BCUT2D eigenvalue weighted by molar-refractivity contribution is 5.92. The first-order valence-electron chi connectivity index (χ1n) is 5.71. The molecule has 2 rings (SSSR count). The Morgan fingerprint density at radius 2 is 2.21 bits per heavy atom. The van der Waals surface area contributed by atoms with Crippen molar-refractivity contribution in [1.29, 1.82) is 0 Å². The van der Waals surface area contributed by atoms with Crippen molar-refractivity contribution in [2.24, 2.45) is 5.41 Å². The van der Waals surface area contributed by atoms with Crippen molar-refractivity contribution in [1.82, 2.24) is 5.32 Å². The molecule has 1 fully saturated rings. The molecule has 0 saturated heterocycles. The van der Waals surface area contributed by atoms with E-state index in [0.29, 0.717) is 11.8 Å². The molecule has 0 radical (unpaired) electrons. The van der Waals surface area contributed by atoms with Gasteiger partial charge in [-0.2, -0.15) is 0 Å². The highest BCUT2D eigenvalue weighted by atomic mass is 16.1. The van der Waals surface area contributed by atoms with E-state index in [1.807, 2.05) is 0 Å². The molecule has 0 aromatic carbocycles. The topological polar surface area (TPSA) is 29.1 Å². The molecule has 0 aromatic rings. The number of allylic oxidation sites excluding steroid dienone is 2. The maximum Gasteiger partial charge on any atom is 0.157 e. The number of ketones is 1. The van der Waals surface area contributed by atoms with Crippen LogP contribution in [0.1, 0.15) is 45.4 Å². The van der Waals surface area contributed by atoms with Crippen LogP contribution in [0, 0.1) is 5.41 Å². The van der Waals surface area contributed by atoms with Crippen LogP contribution >= 0.6 is 0 Å². The molecule has 78 valence electrons. The first-order valence-corrected chi connectivity index (χ1v) is 5.71. The predicted octanol–water partition coefficient (Wildman–Crippen LogP) is 2.40. The minimum Gasteiger partial charge on any atom is -0.388 e. The molecule has 0 aliphatic heterocycles. The third kappa shape index (κ3) is 2.17. The van der Waals surface area contributed by atoms with Crippen molar-refractivity contribution in [3.63, 3.8) is 0 Å². The van der Waals surface area contributed by atoms with E-state index in [-0.39, 0.29) is 5.78 Å². The van der Waals surface area contributed by atoms with Gasteiger partial charge >= 0.3 is 0 Å². The Morgan fingerprint density at radius 3 is 2.71 bits per heavy atom. The summed E-state index contributed by atoms with van der Waals surface area (Å²) >= 11 is 0. The SMILES string of the molecule is CCCC1(CNC2=CC(=O)CC2)CC1. The summed E-state index contributed by atoms with van der Waals surface area (Å²) in [6.45, 7) is 3.33. The van der Waals surface area contributed by atoms with E-state index in [1.54, 1.807) is 6.08 Å². The quantitative estimate of drug-likeness (QED) is 0.726. The first kappa shape index (κ1) is 9.75. The van der Waals surface area contributed by atoms with Crippen LogP contribution in [-0.2, 0) is 4.79 Å². The zero-order valence-corrected chi connectivity index (χ0v) is 8.94. The van der Waals surface area contributed by atoms with Gasteiger partial charge in [0.15, 0.2) is 5.78 Å². The minimum absolute atomic E-state index is 0.285. The van der Waals surface area contributed by atoms with E-state index in [4.69, 9.17) is 0 Å². The molecule has 0 aromatic heterocycles. The van der Waals surface area contributed by atoms with Crippen molar-refractivity contribution in [3.05, 3.63) is 11.8 Å². The molecule has 0 unspecified atom stereocenters. The molecule has 2 nitrogen and oxygen atoms in total. The van der Waals surface area contributed by atoms with Gasteiger partial charge < -0.3 is 5.32 Å². The summed E-state index contributed by atoms with van der Waals surface area (Å²) in [4.78, 5) is 11.0. The zero-order valence-electron chi connectivity index (χ0n) is 8.94. The average molecular weight is 193 g/mol. The largest absolute Gasteiger partial charge is 0.388 e. The van der Waals surface area contributed by atoms with Crippen LogP contribution in [0.2, 0.25) is 0 Å². The summed E-state index contributed by atoms with van der Waals surface area (Å²) in [6, 6.07) is 0. The van der Waals surface area contributed by atoms with E-state index < -0.39 is 0 Å². The van der Waals surface area contributed by atoms with Gasteiger partial charge in [0.25, 0.3) is 0 Å². The summed E-state index contributed by atoms with van der Waals surface area (Å²) in [6.07, 6.45) is 8.77. The highest BCUT2D eigenvalue weighted by Gasteiger charge is 2.41. The van der Waals surface area contributed by atoms with Crippen LogP contribution < -0.4 is 5.32 Å². The normalized spacial score (nSPS) is 23.5. The molecular weight excluding hydrogens is 174 g/mol. The Morgan fingerprint density at radius 1 is 1.43 bits per heavy atom. The molecule has 1 saturated carbocycles. The smallest absolute Gasteiger partial charge is 0.157 e. The fourth-order valence-corrected chi connectivity index (χ4v) is 2.26. The number of hydrogen-bond donors (Lipinski definition) is 1. The number of hydrogen-bond acceptors (Lipinski definition) is 2. The Balaban J connectivity index is 1.77. The second-order valence-electron chi connectivity index (χ2n) is 4.74. The fraction of sp³-hybridized carbons (Fsp3) is 0.750. The third-order valence-corrected chi connectivity index (χ3v) is 3.40. The van der Waals surface area contributed by atoms with Gasteiger partial charge in [0.2, 0.25) is 0 Å². The summed E-state index contributed by atoms with van der Waals surface area (Å²) in [5, 5.41) is 3.44. The van der Waals surface area contributed by atoms with Gasteiger partial charge in [-0.05, 0) is 31.1 Å². The zero-order chi connectivity index (χ0) is 10.0. The van der Waals surface area contributed by atoms with E-state index in [2.05, 4.69) is 12.2 Å². The molecule has 2 aliphatic carbocycles. The molecule has 2 heteroatoms. The van der Waals surface area contributed by atoms with Crippen LogP contribution in [0.25, 0.3) is 0 Å². The molecule has 0 spiro atoms. The van der Waals surface area contributed by atoms with E-state index >= 15 is 0 Å². The average Bonchev–Trinajstić information content (AvgIpc) is 2.80. The van der Waals surface area contributed by atoms with Gasteiger partial charge in [-0.25, -0.2) is 0 Å². The second kappa shape index (κ2) is 3.76. The summed E-state index contributed by atoms with van der Waals surface area (Å²) in [7, 11) is 0. The van der Waals surface area contributed by atoms with E-state index in [1.165, 1.54) is 25.7 Å². The standard InChI is InChI=1S/C12H19NO/c1-2-5-12(6-7-12)9-13-10-3-4-11(14)8-10/h8,13H,2-7,9H2,1H3. The number of carbonyl (C=O) groups excluding carboxylic acids is 1. The molecule has 1 N–H and O–H groups in total. The predicted molar refractivity (Wildman–Crippen MR) is 56.9 cm³/mol. The van der Waals surface area contributed by atoms with Crippen LogP contribution in [0.4, 0.5) is 0 Å². The monoisotopic (exact) mass is 193 g/mol. The number of nitrogens with one attached hydrogen (secondary N) is 1. The van der Waals surface area contributed by atoms with Crippen molar-refractivity contribution in [2.45, 2.75) is 45.4 Å². The summed E-state index contributed by atoms with van der Waals surface area (Å²) < 4.78 is 0. The van der Waals surface area contributed by atoms with Gasteiger partial charge in [0, 0.05) is 24.7 Å². The van der Waals surface area contributed by atoms with Crippen LogP contribution in [0.5, 0.6) is 0 Å². The van der Waals surface area contributed by atoms with Crippen molar-refractivity contribution in [2.75, 3.05) is 6.54 Å². The lowest BCUT2D eigenvalue weighted by atomic mass is 10.0. The van der Waals surface area contributed by atoms with Crippen LogP contribution in [-0.4, -0.2) is 12.3 Å². The van der Waals surface area contributed by atoms with Crippen LogP contribution in [0.15, 0.2) is 11.8 Å². The molecular formula is C12H19NO. The second-order valence-corrected chi connectivity index (χ2v) is 4.74.